The zero-order valence-electron chi connectivity index (χ0n) is 16.9. The van der Waals surface area contributed by atoms with E-state index in [0.29, 0.717) is 21.1 Å². The highest BCUT2D eigenvalue weighted by molar-refractivity contribution is 7.21. The number of nitrogens with one attached hydrogen (secondary N) is 1. The van der Waals surface area contributed by atoms with Crippen molar-refractivity contribution in [2.75, 3.05) is 24.4 Å². The van der Waals surface area contributed by atoms with Gasteiger partial charge in [-0.15, -0.1) is 11.3 Å². The summed E-state index contributed by atoms with van der Waals surface area (Å²) in [5.74, 6) is -0.295. The fraction of sp³-hybridized carbons (Fsp3) is 0.0909. The van der Waals surface area contributed by atoms with E-state index in [1.54, 1.807) is 37.6 Å². The molecule has 0 aliphatic rings. The van der Waals surface area contributed by atoms with Gasteiger partial charge < -0.3 is 9.64 Å². The van der Waals surface area contributed by atoms with Crippen molar-refractivity contribution in [2.45, 2.75) is 0 Å². The summed E-state index contributed by atoms with van der Waals surface area (Å²) in [6, 6.07) is 10.8. The molecule has 0 aliphatic heterocycles. The number of methoxy groups -OCH3 is 1. The molecule has 4 rings (SSSR count). The maximum absolute atomic E-state index is 13.2. The lowest BCUT2D eigenvalue weighted by Gasteiger charge is -2.16. The number of hydrogen-bond donors (Lipinski definition) is 1. The SMILES string of the molecule is COC(=O)Nc1ccc(-c2cnc(Cl)c3sc(C(=O)N(C)c4ccc(F)cc4)cc23)cn1. The van der Waals surface area contributed by atoms with Crippen LogP contribution in [0.1, 0.15) is 9.67 Å². The van der Waals surface area contributed by atoms with E-state index in [9.17, 15) is 14.0 Å². The Morgan fingerprint density at radius 3 is 2.53 bits per heavy atom. The molecule has 4 aromatic rings. The molecule has 0 aliphatic carbocycles. The monoisotopic (exact) mass is 470 g/mol. The Morgan fingerprint density at radius 2 is 1.88 bits per heavy atom. The number of carbonyl (C=O) groups excluding carboxylic acids is 2. The van der Waals surface area contributed by atoms with E-state index in [2.05, 4.69) is 20.0 Å². The van der Waals surface area contributed by atoms with Crippen molar-refractivity contribution in [3.8, 4) is 11.1 Å². The van der Waals surface area contributed by atoms with Crippen LogP contribution in [-0.4, -0.2) is 36.1 Å². The van der Waals surface area contributed by atoms with E-state index in [1.807, 2.05) is 0 Å². The molecule has 7 nitrogen and oxygen atoms in total. The maximum Gasteiger partial charge on any atom is 0.412 e. The Bertz CT molecular complexity index is 1310. The summed E-state index contributed by atoms with van der Waals surface area (Å²) in [7, 11) is 2.89. The summed E-state index contributed by atoms with van der Waals surface area (Å²) in [5, 5.41) is 3.52. The normalized spacial score (nSPS) is 10.8. The lowest BCUT2D eigenvalue weighted by molar-refractivity contribution is 0.0997. The molecule has 0 unspecified atom stereocenters. The van der Waals surface area contributed by atoms with E-state index in [1.165, 1.54) is 47.6 Å². The first-order valence-corrected chi connectivity index (χ1v) is 10.5. The summed E-state index contributed by atoms with van der Waals surface area (Å²) in [6.07, 6.45) is 2.58. The minimum absolute atomic E-state index is 0.254. The number of nitrogens with zero attached hydrogens (tertiary/aromatic N) is 3. The second-order valence-electron chi connectivity index (χ2n) is 6.71. The van der Waals surface area contributed by atoms with Crippen LogP contribution in [-0.2, 0) is 4.74 Å². The quantitative estimate of drug-likeness (QED) is 0.392. The molecule has 0 saturated heterocycles. The standard InChI is InChI=1S/C22H16ClFN4O3S/c1-28(14-6-4-13(24)5-7-14)21(29)17-9-15-16(11-26-20(23)19(15)32-17)12-3-8-18(25-10-12)27-22(30)31-2/h3-11H,1-2H3,(H,25,27,30). The molecule has 10 heteroatoms. The summed E-state index contributed by atoms with van der Waals surface area (Å²) >= 11 is 7.53. The van der Waals surface area contributed by atoms with Crippen molar-refractivity contribution in [1.82, 2.24) is 9.97 Å². The second kappa shape index (κ2) is 8.89. The van der Waals surface area contributed by atoms with Gasteiger partial charge in [-0.3, -0.25) is 10.1 Å². The first-order valence-electron chi connectivity index (χ1n) is 9.30. The van der Waals surface area contributed by atoms with Crippen molar-refractivity contribution in [1.29, 1.82) is 0 Å². The first kappa shape index (κ1) is 21.7. The van der Waals surface area contributed by atoms with Crippen molar-refractivity contribution < 1.29 is 18.7 Å². The zero-order valence-corrected chi connectivity index (χ0v) is 18.5. The number of carbonyl (C=O) groups is 2. The smallest absolute Gasteiger partial charge is 0.412 e. The van der Waals surface area contributed by atoms with Crippen molar-refractivity contribution in [2.24, 2.45) is 0 Å². The van der Waals surface area contributed by atoms with Gasteiger partial charge in [0.15, 0.2) is 0 Å². The summed E-state index contributed by atoms with van der Waals surface area (Å²) < 4.78 is 18.4. The summed E-state index contributed by atoms with van der Waals surface area (Å²) in [6.45, 7) is 0. The van der Waals surface area contributed by atoms with Gasteiger partial charge in [-0.05, 0) is 42.5 Å². The molecule has 1 aromatic carbocycles. The highest BCUT2D eigenvalue weighted by Crippen LogP contribution is 2.38. The third-order valence-corrected chi connectivity index (χ3v) is 6.26. The number of thiophene rings is 1. The third kappa shape index (κ3) is 4.25. The van der Waals surface area contributed by atoms with Gasteiger partial charge in [-0.25, -0.2) is 19.2 Å². The van der Waals surface area contributed by atoms with Gasteiger partial charge >= 0.3 is 6.09 Å². The van der Waals surface area contributed by atoms with Crippen LogP contribution in [0.2, 0.25) is 5.15 Å². The number of amides is 2. The predicted molar refractivity (Wildman–Crippen MR) is 123 cm³/mol. The highest BCUT2D eigenvalue weighted by Gasteiger charge is 2.20. The molecule has 0 fully saturated rings. The highest BCUT2D eigenvalue weighted by atomic mass is 35.5. The second-order valence-corrected chi connectivity index (χ2v) is 8.12. The Hall–Kier alpha value is -3.56. The number of halogens is 2. The van der Waals surface area contributed by atoms with Gasteiger partial charge in [-0.2, -0.15) is 0 Å². The molecular formula is C22H16ClFN4O3S. The lowest BCUT2D eigenvalue weighted by atomic mass is 10.1. The van der Waals surface area contributed by atoms with Crippen molar-refractivity contribution in [3.05, 3.63) is 70.7 Å². The predicted octanol–water partition coefficient (Wildman–Crippen LogP) is 5.61. The lowest BCUT2D eigenvalue weighted by Crippen LogP contribution is -2.25. The number of anilines is 2. The van der Waals surface area contributed by atoms with Crippen molar-refractivity contribution in [3.63, 3.8) is 0 Å². The molecule has 32 heavy (non-hydrogen) atoms. The Balaban J connectivity index is 1.69. The van der Waals surface area contributed by atoms with E-state index in [4.69, 9.17) is 11.6 Å². The van der Waals surface area contributed by atoms with Crippen LogP contribution in [0.4, 0.5) is 20.7 Å². The Morgan fingerprint density at radius 1 is 1.12 bits per heavy atom. The Labute approximate surface area is 191 Å². The largest absolute Gasteiger partial charge is 0.453 e. The van der Waals surface area contributed by atoms with Crippen molar-refractivity contribution >= 4 is 56.5 Å². The third-order valence-electron chi connectivity index (χ3n) is 4.74. The molecule has 0 spiro atoms. The molecule has 0 bridgehead atoms. The Kier molecular flexibility index (Phi) is 6.02. The number of rotatable bonds is 4. The molecule has 0 saturated carbocycles. The molecule has 3 aromatic heterocycles. The van der Waals surface area contributed by atoms with Gasteiger partial charge in [0.2, 0.25) is 0 Å². The molecule has 1 N–H and O–H groups in total. The number of ether oxygens (including phenoxy) is 1. The van der Waals surface area contributed by atoms with Crippen LogP contribution in [0.3, 0.4) is 0 Å². The van der Waals surface area contributed by atoms with Gasteiger partial charge in [0.25, 0.3) is 5.91 Å². The number of pyridine rings is 2. The van der Waals surface area contributed by atoms with Crippen LogP contribution in [0.5, 0.6) is 0 Å². The number of hydrogen-bond acceptors (Lipinski definition) is 6. The minimum atomic E-state index is -0.618. The molecule has 3 heterocycles. The molecule has 0 radical (unpaired) electrons. The zero-order chi connectivity index (χ0) is 22.8. The number of fused-ring (bicyclic) bond motifs is 1. The summed E-state index contributed by atoms with van der Waals surface area (Å²) in [4.78, 5) is 34.7. The minimum Gasteiger partial charge on any atom is -0.453 e. The van der Waals surface area contributed by atoms with E-state index < -0.39 is 6.09 Å². The van der Waals surface area contributed by atoms with Gasteiger partial charge in [0, 0.05) is 41.6 Å². The van der Waals surface area contributed by atoms with Crippen LogP contribution in [0, 0.1) is 5.82 Å². The van der Waals surface area contributed by atoms with Gasteiger partial charge in [0.1, 0.15) is 16.8 Å². The van der Waals surface area contributed by atoms with E-state index in [-0.39, 0.29) is 16.9 Å². The summed E-state index contributed by atoms with van der Waals surface area (Å²) in [5.41, 5.74) is 2.04. The van der Waals surface area contributed by atoms with Gasteiger partial charge in [0.05, 0.1) is 16.7 Å². The fourth-order valence-electron chi connectivity index (χ4n) is 3.06. The maximum atomic E-state index is 13.2. The number of aromatic nitrogens is 2. The molecular weight excluding hydrogens is 455 g/mol. The van der Waals surface area contributed by atoms with Crippen LogP contribution in [0.25, 0.3) is 21.2 Å². The van der Waals surface area contributed by atoms with E-state index in [0.717, 1.165) is 16.5 Å². The van der Waals surface area contributed by atoms with Crippen LogP contribution >= 0.6 is 22.9 Å². The van der Waals surface area contributed by atoms with Crippen LogP contribution < -0.4 is 10.2 Å². The first-order chi connectivity index (χ1) is 15.4. The van der Waals surface area contributed by atoms with E-state index >= 15 is 0 Å². The molecule has 0 atom stereocenters. The average molecular weight is 471 g/mol. The van der Waals surface area contributed by atoms with Crippen LogP contribution in [0.15, 0.2) is 54.9 Å². The molecule has 162 valence electrons. The fourth-order valence-corrected chi connectivity index (χ4v) is 4.36. The van der Waals surface area contributed by atoms with Gasteiger partial charge in [-0.1, -0.05) is 11.6 Å². The number of benzene rings is 1. The molecule has 2 amide bonds. The topological polar surface area (TPSA) is 84.4 Å². The average Bonchev–Trinajstić information content (AvgIpc) is 3.26.